The van der Waals surface area contributed by atoms with Gasteiger partial charge < -0.3 is 5.32 Å². The Morgan fingerprint density at radius 3 is 2.22 bits per heavy atom. The predicted octanol–water partition coefficient (Wildman–Crippen LogP) is 3.05. The van der Waals surface area contributed by atoms with Gasteiger partial charge in [-0.2, -0.15) is 0 Å². The Morgan fingerprint density at radius 1 is 1.06 bits per heavy atom. The van der Waals surface area contributed by atoms with Crippen molar-refractivity contribution in [3.63, 3.8) is 0 Å². The molecule has 4 nitrogen and oxygen atoms in total. The van der Waals surface area contributed by atoms with Gasteiger partial charge in [0.25, 0.3) is 0 Å². The molecule has 0 aliphatic heterocycles. The van der Waals surface area contributed by atoms with Crippen molar-refractivity contribution in [1.82, 2.24) is 10.6 Å². The third-order valence-electron chi connectivity index (χ3n) is 2.59. The number of alkyl halides is 1. The van der Waals surface area contributed by atoms with Crippen LogP contribution in [0.25, 0.3) is 0 Å². The highest BCUT2D eigenvalue weighted by Crippen LogP contribution is 2.08. The lowest BCUT2D eigenvalue weighted by molar-refractivity contribution is -0.119. The second-order valence-electron chi connectivity index (χ2n) is 4.96. The van der Waals surface area contributed by atoms with Crippen LogP contribution in [0.1, 0.15) is 52.9 Å². The van der Waals surface area contributed by atoms with Crippen LogP contribution in [0.4, 0.5) is 4.79 Å². The largest absolute Gasteiger partial charge is 0.338 e. The number of nitrogens with one attached hydrogen (secondary N) is 2. The SMILES string of the molecule is CC(C)CCCCCCNC(=O)NC(=O)C(C)Cl. The van der Waals surface area contributed by atoms with Crippen LogP contribution in [0.15, 0.2) is 0 Å². The van der Waals surface area contributed by atoms with Crippen LogP contribution < -0.4 is 10.6 Å². The highest BCUT2D eigenvalue weighted by Gasteiger charge is 2.11. The second kappa shape index (κ2) is 10.2. The van der Waals surface area contributed by atoms with Gasteiger partial charge in [-0.05, 0) is 19.3 Å². The van der Waals surface area contributed by atoms with E-state index in [1.54, 1.807) is 0 Å². The van der Waals surface area contributed by atoms with Gasteiger partial charge in [-0.1, -0.05) is 39.5 Å². The van der Waals surface area contributed by atoms with Gasteiger partial charge in [-0.15, -0.1) is 11.6 Å². The lowest BCUT2D eigenvalue weighted by Crippen LogP contribution is -2.42. The normalized spacial score (nSPS) is 12.3. The molecule has 0 spiro atoms. The summed E-state index contributed by atoms with van der Waals surface area (Å²) in [7, 11) is 0. The molecule has 0 saturated carbocycles. The Morgan fingerprint density at radius 2 is 1.67 bits per heavy atom. The first-order chi connectivity index (χ1) is 8.43. The summed E-state index contributed by atoms with van der Waals surface area (Å²) < 4.78 is 0. The summed E-state index contributed by atoms with van der Waals surface area (Å²) in [6.45, 7) is 6.57. The Hall–Kier alpha value is -0.770. The zero-order valence-corrected chi connectivity index (χ0v) is 12.3. The van der Waals surface area contributed by atoms with Crippen LogP contribution in [-0.2, 0) is 4.79 Å². The number of amides is 3. The summed E-state index contributed by atoms with van der Waals surface area (Å²) >= 11 is 5.52. The van der Waals surface area contributed by atoms with E-state index in [1.165, 1.54) is 26.2 Å². The highest BCUT2D eigenvalue weighted by molar-refractivity contribution is 6.31. The fourth-order valence-electron chi connectivity index (χ4n) is 1.49. The summed E-state index contributed by atoms with van der Waals surface area (Å²) in [5, 5.41) is 4.13. The third-order valence-corrected chi connectivity index (χ3v) is 2.79. The van der Waals surface area contributed by atoms with Gasteiger partial charge in [-0.3, -0.25) is 10.1 Å². The second-order valence-corrected chi connectivity index (χ2v) is 5.61. The van der Waals surface area contributed by atoms with Crippen molar-refractivity contribution in [3.05, 3.63) is 0 Å². The minimum absolute atomic E-state index is 0.463. The first kappa shape index (κ1) is 17.2. The Bertz CT molecular complexity index is 255. The van der Waals surface area contributed by atoms with Crippen LogP contribution in [-0.4, -0.2) is 23.9 Å². The molecule has 3 amide bonds. The molecule has 106 valence electrons. The molecule has 0 radical (unpaired) electrons. The van der Waals surface area contributed by atoms with E-state index >= 15 is 0 Å². The van der Waals surface area contributed by atoms with E-state index in [1.807, 2.05) is 0 Å². The molecule has 0 aliphatic carbocycles. The number of halogens is 1. The summed E-state index contributed by atoms with van der Waals surface area (Å²) in [6, 6.07) is -0.463. The maximum atomic E-state index is 11.2. The zero-order chi connectivity index (χ0) is 14.0. The standard InChI is InChI=1S/C13H25ClN2O2/c1-10(2)8-6-4-5-7-9-15-13(18)16-12(17)11(3)14/h10-11H,4-9H2,1-3H3,(H2,15,16,17,18). The maximum absolute atomic E-state index is 11.2. The van der Waals surface area contributed by atoms with Crippen molar-refractivity contribution in [2.75, 3.05) is 6.54 Å². The molecule has 1 unspecified atom stereocenters. The van der Waals surface area contributed by atoms with E-state index in [2.05, 4.69) is 24.5 Å². The molecule has 0 aromatic carbocycles. The van der Waals surface area contributed by atoms with Crippen molar-refractivity contribution >= 4 is 23.5 Å². The van der Waals surface area contributed by atoms with Gasteiger partial charge in [0.15, 0.2) is 0 Å². The third kappa shape index (κ3) is 10.4. The molecule has 0 heterocycles. The van der Waals surface area contributed by atoms with Gasteiger partial charge in [-0.25, -0.2) is 4.79 Å². The minimum Gasteiger partial charge on any atom is -0.338 e. The molecular weight excluding hydrogens is 252 g/mol. The molecule has 0 aromatic rings. The Labute approximate surface area is 115 Å². The molecule has 0 rings (SSSR count). The van der Waals surface area contributed by atoms with Gasteiger partial charge in [0, 0.05) is 6.54 Å². The average Bonchev–Trinajstić information content (AvgIpc) is 2.27. The number of hydrogen-bond donors (Lipinski definition) is 2. The first-order valence-electron chi connectivity index (χ1n) is 6.66. The molecule has 0 saturated heterocycles. The highest BCUT2D eigenvalue weighted by atomic mass is 35.5. The van der Waals surface area contributed by atoms with Crippen LogP contribution in [0.5, 0.6) is 0 Å². The van der Waals surface area contributed by atoms with Crippen molar-refractivity contribution in [1.29, 1.82) is 0 Å². The van der Waals surface area contributed by atoms with E-state index in [-0.39, 0.29) is 0 Å². The summed E-state index contributed by atoms with van der Waals surface area (Å²) in [4.78, 5) is 22.3. The number of rotatable bonds is 8. The topological polar surface area (TPSA) is 58.2 Å². The van der Waals surface area contributed by atoms with Crippen molar-refractivity contribution in [2.45, 2.75) is 58.3 Å². The summed E-state index contributed by atoms with van der Waals surface area (Å²) in [6.07, 6.45) is 5.74. The van der Waals surface area contributed by atoms with Gasteiger partial charge in [0.05, 0.1) is 0 Å². The van der Waals surface area contributed by atoms with E-state index in [4.69, 9.17) is 11.6 Å². The molecule has 0 fully saturated rings. The fraction of sp³-hybridized carbons (Fsp3) is 0.846. The monoisotopic (exact) mass is 276 g/mol. The van der Waals surface area contributed by atoms with Crippen molar-refractivity contribution in [2.24, 2.45) is 5.92 Å². The van der Waals surface area contributed by atoms with Gasteiger partial charge in [0.2, 0.25) is 5.91 Å². The number of urea groups is 1. The Balaban J connectivity index is 3.38. The number of unbranched alkanes of at least 4 members (excludes halogenated alkanes) is 3. The summed E-state index contributed by atoms with van der Waals surface area (Å²) in [5.74, 6) is 0.295. The van der Waals surface area contributed by atoms with Crippen molar-refractivity contribution < 1.29 is 9.59 Å². The lowest BCUT2D eigenvalue weighted by atomic mass is 10.0. The van der Waals surface area contributed by atoms with Gasteiger partial charge >= 0.3 is 6.03 Å². The van der Waals surface area contributed by atoms with E-state index in [0.717, 1.165) is 18.8 Å². The average molecular weight is 277 g/mol. The minimum atomic E-state index is -0.688. The van der Waals surface area contributed by atoms with Gasteiger partial charge in [0.1, 0.15) is 5.38 Å². The lowest BCUT2D eigenvalue weighted by Gasteiger charge is -2.08. The van der Waals surface area contributed by atoms with Crippen LogP contribution in [0, 0.1) is 5.92 Å². The van der Waals surface area contributed by atoms with E-state index < -0.39 is 17.3 Å². The summed E-state index contributed by atoms with van der Waals surface area (Å²) in [5.41, 5.74) is 0. The van der Waals surface area contributed by atoms with Crippen LogP contribution in [0.3, 0.4) is 0 Å². The molecule has 18 heavy (non-hydrogen) atoms. The van der Waals surface area contributed by atoms with E-state index in [9.17, 15) is 9.59 Å². The number of imide groups is 1. The predicted molar refractivity (Wildman–Crippen MR) is 74.8 cm³/mol. The molecule has 0 aliphatic rings. The zero-order valence-electron chi connectivity index (χ0n) is 11.6. The Kier molecular flexibility index (Phi) is 9.74. The first-order valence-corrected chi connectivity index (χ1v) is 7.10. The molecule has 0 aromatic heterocycles. The molecule has 2 N–H and O–H groups in total. The van der Waals surface area contributed by atoms with Crippen LogP contribution >= 0.6 is 11.6 Å². The number of hydrogen-bond acceptors (Lipinski definition) is 2. The molecule has 5 heteroatoms. The van der Waals surface area contributed by atoms with E-state index in [0.29, 0.717) is 6.54 Å². The van der Waals surface area contributed by atoms with Crippen molar-refractivity contribution in [3.8, 4) is 0 Å². The number of carbonyl (C=O) groups excluding carboxylic acids is 2. The quantitative estimate of drug-likeness (QED) is 0.529. The van der Waals surface area contributed by atoms with Crippen LogP contribution in [0.2, 0.25) is 0 Å². The smallest absolute Gasteiger partial charge is 0.321 e. The number of carbonyl (C=O) groups is 2. The fourth-order valence-corrected chi connectivity index (χ4v) is 1.54. The molecule has 1 atom stereocenters. The molecule has 0 bridgehead atoms. The maximum Gasteiger partial charge on any atom is 0.321 e. The molecular formula is C13H25ClN2O2.